The maximum Gasteiger partial charge on any atom is 0.224 e. The Morgan fingerprint density at radius 3 is 2.68 bits per heavy atom. The van der Waals surface area contributed by atoms with Crippen LogP contribution in [-0.4, -0.2) is 34.9 Å². The number of hydrogen-bond donors (Lipinski definition) is 0. The van der Waals surface area contributed by atoms with Crippen LogP contribution in [0.4, 0.5) is 5.82 Å². The first-order valence-electron chi connectivity index (χ1n) is 8.65. The Morgan fingerprint density at radius 1 is 1.24 bits per heavy atom. The van der Waals surface area contributed by atoms with E-state index in [1.807, 2.05) is 29.2 Å². The van der Waals surface area contributed by atoms with Crippen LogP contribution in [-0.2, 0) is 11.3 Å². The molecule has 0 aliphatic carbocycles. The number of anilines is 1. The van der Waals surface area contributed by atoms with Gasteiger partial charge in [0.2, 0.25) is 5.91 Å². The van der Waals surface area contributed by atoms with Gasteiger partial charge < -0.3 is 9.80 Å². The van der Waals surface area contributed by atoms with Crippen LogP contribution < -0.4 is 4.90 Å². The Hall–Kier alpha value is -2.87. The molecule has 25 heavy (non-hydrogen) atoms. The van der Waals surface area contributed by atoms with Gasteiger partial charge in [-0.3, -0.25) is 4.79 Å². The van der Waals surface area contributed by atoms with Gasteiger partial charge in [0.25, 0.3) is 0 Å². The van der Waals surface area contributed by atoms with Gasteiger partial charge in [0.15, 0.2) is 0 Å². The van der Waals surface area contributed by atoms with E-state index >= 15 is 0 Å². The van der Waals surface area contributed by atoms with Crippen molar-refractivity contribution in [1.29, 1.82) is 5.26 Å². The molecule has 2 heterocycles. The molecule has 0 N–H and O–H groups in total. The standard InChI is InChI=1S/C20H22N4O/c1-2-18-15-23(19-9-8-17(12-21)13-22-19)11-10-20(25)24(18)14-16-6-4-3-5-7-16/h3-9,13,18H,2,10-11,14-15H2,1H3/t18-/m1/s1. The summed E-state index contributed by atoms with van der Waals surface area (Å²) in [6.07, 6.45) is 2.96. The molecule has 1 saturated heterocycles. The van der Waals surface area contributed by atoms with E-state index in [0.29, 0.717) is 25.1 Å². The van der Waals surface area contributed by atoms with Crippen molar-refractivity contribution in [2.24, 2.45) is 0 Å². The van der Waals surface area contributed by atoms with E-state index in [1.54, 1.807) is 12.3 Å². The summed E-state index contributed by atoms with van der Waals surface area (Å²) in [6, 6.07) is 16.0. The van der Waals surface area contributed by atoms with Gasteiger partial charge in [-0.05, 0) is 24.1 Å². The third-order valence-electron chi connectivity index (χ3n) is 4.66. The van der Waals surface area contributed by atoms with Crippen LogP contribution in [0.2, 0.25) is 0 Å². The number of amides is 1. The van der Waals surface area contributed by atoms with Gasteiger partial charge in [-0.25, -0.2) is 4.98 Å². The molecule has 0 radical (unpaired) electrons. The molecule has 1 aromatic heterocycles. The Bertz CT molecular complexity index is 752. The van der Waals surface area contributed by atoms with Crippen molar-refractivity contribution in [3.05, 3.63) is 59.8 Å². The van der Waals surface area contributed by atoms with E-state index in [-0.39, 0.29) is 11.9 Å². The van der Waals surface area contributed by atoms with Gasteiger partial charge in [0.05, 0.1) is 5.56 Å². The van der Waals surface area contributed by atoms with Gasteiger partial charge in [-0.2, -0.15) is 5.26 Å². The van der Waals surface area contributed by atoms with E-state index in [1.165, 1.54) is 0 Å². The predicted molar refractivity (Wildman–Crippen MR) is 96.9 cm³/mol. The fourth-order valence-corrected chi connectivity index (χ4v) is 3.22. The lowest BCUT2D eigenvalue weighted by molar-refractivity contribution is -0.133. The smallest absolute Gasteiger partial charge is 0.224 e. The quantitative estimate of drug-likeness (QED) is 0.862. The molecule has 1 aromatic carbocycles. The van der Waals surface area contributed by atoms with Crippen LogP contribution >= 0.6 is 0 Å². The molecule has 1 amide bonds. The minimum absolute atomic E-state index is 0.146. The first-order valence-corrected chi connectivity index (χ1v) is 8.65. The summed E-state index contributed by atoms with van der Waals surface area (Å²) in [6.45, 7) is 4.17. The second-order valence-corrected chi connectivity index (χ2v) is 6.28. The molecule has 2 aromatic rings. The summed E-state index contributed by atoms with van der Waals surface area (Å²) < 4.78 is 0. The van der Waals surface area contributed by atoms with Crippen molar-refractivity contribution in [2.45, 2.75) is 32.4 Å². The molecule has 1 atom stereocenters. The molecule has 1 aliphatic rings. The lowest BCUT2D eigenvalue weighted by atomic mass is 10.1. The van der Waals surface area contributed by atoms with Crippen LogP contribution in [0.25, 0.3) is 0 Å². The maximum absolute atomic E-state index is 12.7. The SMILES string of the molecule is CC[C@@H]1CN(c2ccc(C#N)cn2)CCC(=O)N1Cc1ccccc1. The molecular formula is C20H22N4O. The predicted octanol–water partition coefficient (Wildman–Crippen LogP) is 2.97. The zero-order valence-electron chi connectivity index (χ0n) is 14.4. The van der Waals surface area contributed by atoms with Crippen molar-refractivity contribution in [3.8, 4) is 6.07 Å². The molecule has 3 rings (SSSR count). The summed E-state index contributed by atoms with van der Waals surface area (Å²) >= 11 is 0. The summed E-state index contributed by atoms with van der Waals surface area (Å²) in [5.74, 6) is 1.01. The third-order valence-corrected chi connectivity index (χ3v) is 4.66. The minimum Gasteiger partial charge on any atom is -0.354 e. The molecule has 0 spiro atoms. The molecule has 5 nitrogen and oxygen atoms in total. The molecule has 5 heteroatoms. The average Bonchev–Trinajstić information content (AvgIpc) is 2.82. The summed E-state index contributed by atoms with van der Waals surface area (Å²) in [4.78, 5) is 21.2. The van der Waals surface area contributed by atoms with E-state index in [9.17, 15) is 4.79 Å². The van der Waals surface area contributed by atoms with E-state index in [0.717, 1.165) is 24.3 Å². The number of aromatic nitrogens is 1. The van der Waals surface area contributed by atoms with Gasteiger partial charge in [-0.1, -0.05) is 37.3 Å². The van der Waals surface area contributed by atoms with Crippen molar-refractivity contribution in [1.82, 2.24) is 9.88 Å². The van der Waals surface area contributed by atoms with E-state index in [4.69, 9.17) is 5.26 Å². The monoisotopic (exact) mass is 334 g/mol. The highest BCUT2D eigenvalue weighted by Crippen LogP contribution is 2.21. The van der Waals surface area contributed by atoms with Crippen LogP contribution in [0.1, 0.15) is 30.9 Å². The highest BCUT2D eigenvalue weighted by Gasteiger charge is 2.29. The highest BCUT2D eigenvalue weighted by molar-refractivity contribution is 5.78. The largest absolute Gasteiger partial charge is 0.354 e. The van der Waals surface area contributed by atoms with E-state index in [2.05, 4.69) is 35.0 Å². The summed E-state index contributed by atoms with van der Waals surface area (Å²) in [7, 11) is 0. The topological polar surface area (TPSA) is 60.2 Å². The average molecular weight is 334 g/mol. The number of hydrogen-bond acceptors (Lipinski definition) is 4. The van der Waals surface area contributed by atoms with Crippen LogP contribution in [0, 0.1) is 11.3 Å². The first-order chi connectivity index (χ1) is 12.2. The normalized spacial score (nSPS) is 17.9. The van der Waals surface area contributed by atoms with Crippen molar-refractivity contribution in [2.75, 3.05) is 18.0 Å². The molecule has 0 unspecified atom stereocenters. The lowest BCUT2D eigenvalue weighted by Gasteiger charge is -2.31. The molecular weight excluding hydrogens is 312 g/mol. The van der Waals surface area contributed by atoms with Crippen LogP contribution in [0.15, 0.2) is 48.7 Å². The van der Waals surface area contributed by atoms with Crippen molar-refractivity contribution in [3.63, 3.8) is 0 Å². The lowest BCUT2D eigenvalue weighted by Crippen LogP contribution is -2.42. The number of nitriles is 1. The number of rotatable bonds is 4. The van der Waals surface area contributed by atoms with Crippen LogP contribution in [0.3, 0.4) is 0 Å². The van der Waals surface area contributed by atoms with Gasteiger partial charge >= 0.3 is 0 Å². The zero-order valence-corrected chi connectivity index (χ0v) is 14.4. The third kappa shape index (κ3) is 3.97. The molecule has 0 bridgehead atoms. The Labute approximate surface area is 148 Å². The second kappa shape index (κ2) is 7.80. The molecule has 0 saturated carbocycles. The van der Waals surface area contributed by atoms with Gasteiger partial charge in [0, 0.05) is 38.3 Å². The number of nitrogens with zero attached hydrogens (tertiary/aromatic N) is 4. The van der Waals surface area contributed by atoms with Crippen molar-refractivity contribution >= 4 is 11.7 Å². The minimum atomic E-state index is 0.146. The maximum atomic E-state index is 12.7. The number of carbonyl (C=O) groups is 1. The Balaban J connectivity index is 1.79. The summed E-state index contributed by atoms with van der Waals surface area (Å²) in [5.41, 5.74) is 1.70. The molecule has 1 fully saturated rings. The Kier molecular flexibility index (Phi) is 5.30. The number of carbonyl (C=O) groups excluding carboxylic acids is 1. The highest BCUT2D eigenvalue weighted by atomic mass is 16.2. The van der Waals surface area contributed by atoms with Gasteiger partial charge in [-0.15, -0.1) is 0 Å². The Morgan fingerprint density at radius 2 is 2.04 bits per heavy atom. The zero-order chi connectivity index (χ0) is 17.6. The summed E-state index contributed by atoms with van der Waals surface area (Å²) in [5, 5.41) is 8.92. The van der Waals surface area contributed by atoms with E-state index < -0.39 is 0 Å². The van der Waals surface area contributed by atoms with Crippen LogP contribution in [0.5, 0.6) is 0 Å². The first kappa shape index (κ1) is 17.0. The fraction of sp³-hybridized carbons (Fsp3) is 0.350. The second-order valence-electron chi connectivity index (χ2n) is 6.28. The number of benzene rings is 1. The molecule has 128 valence electrons. The van der Waals surface area contributed by atoms with Gasteiger partial charge in [0.1, 0.15) is 11.9 Å². The molecule has 1 aliphatic heterocycles. The van der Waals surface area contributed by atoms with Crippen molar-refractivity contribution < 1.29 is 4.79 Å². The number of pyridine rings is 1. The fourth-order valence-electron chi connectivity index (χ4n) is 3.22.